The van der Waals surface area contributed by atoms with Crippen LogP contribution < -0.4 is 16.0 Å². The first kappa shape index (κ1) is 19.9. The molecule has 0 unspecified atom stereocenters. The number of nitrogens with one attached hydrogen (secondary N) is 3. The van der Waals surface area contributed by atoms with E-state index in [-0.39, 0.29) is 24.1 Å². The van der Waals surface area contributed by atoms with Gasteiger partial charge in [0.2, 0.25) is 11.8 Å². The minimum atomic E-state index is -0.534. The predicted molar refractivity (Wildman–Crippen MR) is 106 cm³/mol. The van der Waals surface area contributed by atoms with Crippen molar-refractivity contribution in [1.29, 1.82) is 0 Å². The number of carbonyl (C=O) groups excluding carboxylic acids is 3. The molecule has 3 amide bonds. The van der Waals surface area contributed by atoms with E-state index in [1.807, 2.05) is 61.5 Å². The van der Waals surface area contributed by atoms with Crippen molar-refractivity contribution in [3.63, 3.8) is 0 Å². The highest BCUT2D eigenvalue weighted by Gasteiger charge is 2.13. The van der Waals surface area contributed by atoms with Gasteiger partial charge in [0.05, 0.1) is 6.54 Å². The summed E-state index contributed by atoms with van der Waals surface area (Å²) in [6.07, 6.45) is 2.34. The Kier molecular flexibility index (Phi) is 7.31. The monoisotopic (exact) mass is 365 g/mol. The summed E-state index contributed by atoms with van der Waals surface area (Å²) in [4.78, 5) is 35.9. The summed E-state index contributed by atoms with van der Waals surface area (Å²) in [7, 11) is 0. The molecule has 0 aliphatic heterocycles. The number of para-hydroxylation sites is 1. The average Bonchev–Trinajstić information content (AvgIpc) is 2.66. The topological polar surface area (TPSA) is 87.3 Å². The molecule has 0 spiro atoms. The zero-order valence-corrected chi connectivity index (χ0v) is 15.4. The lowest BCUT2D eigenvalue weighted by atomic mass is 10.1. The molecule has 0 heterocycles. The number of rotatable bonds is 7. The summed E-state index contributed by atoms with van der Waals surface area (Å²) in [5, 5.41) is 7.82. The molecular weight excluding hydrogens is 342 g/mol. The Hall–Kier alpha value is -3.41. The molecule has 2 aromatic carbocycles. The second-order valence-corrected chi connectivity index (χ2v) is 5.89. The number of amides is 3. The molecule has 0 atom stereocenters. The first-order valence-electron chi connectivity index (χ1n) is 8.70. The highest BCUT2D eigenvalue weighted by atomic mass is 16.2. The number of carbonyl (C=O) groups is 3. The van der Waals surface area contributed by atoms with Crippen LogP contribution in [0.4, 0.5) is 5.69 Å². The van der Waals surface area contributed by atoms with E-state index in [4.69, 9.17) is 0 Å². The van der Waals surface area contributed by atoms with Gasteiger partial charge in [-0.15, -0.1) is 0 Å². The van der Waals surface area contributed by atoms with E-state index < -0.39 is 5.91 Å². The maximum absolute atomic E-state index is 12.4. The predicted octanol–water partition coefficient (Wildman–Crippen LogP) is 2.48. The Bertz CT molecular complexity index is 845. The number of hydrogen-bond donors (Lipinski definition) is 3. The van der Waals surface area contributed by atoms with E-state index in [2.05, 4.69) is 16.0 Å². The second-order valence-electron chi connectivity index (χ2n) is 5.89. The van der Waals surface area contributed by atoms with Gasteiger partial charge in [0.15, 0.2) is 0 Å². The van der Waals surface area contributed by atoms with Crippen molar-refractivity contribution < 1.29 is 14.4 Å². The third kappa shape index (κ3) is 6.43. The average molecular weight is 365 g/mol. The van der Waals surface area contributed by atoms with Crippen LogP contribution in [0, 0.1) is 0 Å². The molecule has 0 radical (unpaired) electrons. The van der Waals surface area contributed by atoms with E-state index in [1.54, 1.807) is 6.08 Å². The van der Waals surface area contributed by atoms with E-state index in [1.165, 1.54) is 6.92 Å². The zero-order valence-electron chi connectivity index (χ0n) is 15.4. The molecule has 0 saturated carbocycles. The molecule has 140 valence electrons. The number of hydrogen-bond acceptors (Lipinski definition) is 3. The number of benzene rings is 2. The fourth-order valence-electron chi connectivity index (χ4n) is 2.46. The van der Waals surface area contributed by atoms with Crippen molar-refractivity contribution in [2.24, 2.45) is 0 Å². The Balaban J connectivity index is 2.01. The van der Waals surface area contributed by atoms with Crippen LogP contribution in [-0.2, 0) is 20.8 Å². The lowest BCUT2D eigenvalue weighted by molar-refractivity contribution is -0.123. The maximum atomic E-state index is 12.4. The molecule has 0 saturated heterocycles. The number of aryl methyl sites for hydroxylation is 1. The van der Waals surface area contributed by atoms with Crippen LogP contribution in [0.25, 0.3) is 6.08 Å². The molecule has 0 bridgehead atoms. The summed E-state index contributed by atoms with van der Waals surface area (Å²) in [5.74, 6) is -1.24. The van der Waals surface area contributed by atoms with Crippen LogP contribution >= 0.6 is 0 Å². The molecule has 2 aromatic rings. The minimum absolute atomic E-state index is 0.0791. The van der Waals surface area contributed by atoms with Crippen LogP contribution in [0.15, 0.2) is 60.3 Å². The largest absolute Gasteiger partial charge is 0.342 e. The Morgan fingerprint density at radius 2 is 1.63 bits per heavy atom. The number of anilines is 1. The summed E-state index contributed by atoms with van der Waals surface area (Å²) >= 11 is 0. The van der Waals surface area contributed by atoms with Gasteiger partial charge in [-0.25, -0.2) is 0 Å². The van der Waals surface area contributed by atoms with Gasteiger partial charge >= 0.3 is 0 Å². The molecule has 0 fully saturated rings. The first-order chi connectivity index (χ1) is 13.0. The van der Waals surface area contributed by atoms with Crippen LogP contribution in [0.3, 0.4) is 0 Å². The van der Waals surface area contributed by atoms with Gasteiger partial charge in [-0.2, -0.15) is 0 Å². The molecule has 0 aliphatic rings. The van der Waals surface area contributed by atoms with Gasteiger partial charge in [-0.05, 0) is 29.7 Å². The van der Waals surface area contributed by atoms with Crippen LogP contribution in [0.2, 0.25) is 0 Å². The fraction of sp³-hybridized carbons (Fsp3) is 0.190. The maximum Gasteiger partial charge on any atom is 0.268 e. The lowest BCUT2D eigenvalue weighted by Crippen LogP contribution is -2.38. The molecule has 2 rings (SSSR count). The van der Waals surface area contributed by atoms with E-state index in [0.717, 1.165) is 23.2 Å². The first-order valence-corrected chi connectivity index (χ1v) is 8.70. The molecule has 6 heteroatoms. The van der Waals surface area contributed by atoms with Gasteiger partial charge in [-0.3, -0.25) is 14.4 Å². The second kappa shape index (κ2) is 9.91. The third-order valence-corrected chi connectivity index (χ3v) is 3.75. The van der Waals surface area contributed by atoms with Crippen molar-refractivity contribution >= 4 is 29.5 Å². The Morgan fingerprint density at radius 3 is 2.30 bits per heavy atom. The smallest absolute Gasteiger partial charge is 0.268 e. The normalized spacial score (nSPS) is 10.8. The van der Waals surface area contributed by atoms with Crippen molar-refractivity contribution in [3.8, 4) is 0 Å². The highest BCUT2D eigenvalue weighted by molar-refractivity contribution is 6.03. The van der Waals surface area contributed by atoms with Crippen molar-refractivity contribution in [2.45, 2.75) is 20.3 Å². The molecule has 27 heavy (non-hydrogen) atoms. The zero-order chi connectivity index (χ0) is 19.6. The quantitative estimate of drug-likeness (QED) is 0.659. The Morgan fingerprint density at radius 1 is 0.963 bits per heavy atom. The fourth-order valence-corrected chi connectivity index (χ4v) is 2.46. The molecule has 6 nitrogen and oxygen atoms in total. The minimum Gasteiger partial charge on any atom is -0.342 e. The SMILES string of the molecule is CCc1ccccc1NC(=O)CNC(=O)/C(=C/c1ccccc1)NC(C)=O. The van der Waals surface area contributed by atoms with Crippen molar-refractivity contribution in [1.82, 2.24) is 10.6 Å². The van der Waals surface area contributed by atoms with Gasteiger partial charge in [0, 0.05) is 12.6 Å². The standard InChI is InChI=1S/C21H23N3O3/c1-3-17-11-7-8-12-18(17)24-20(26)14-22-21(27)19(23-15(2)25)13-16-9-5-4-6-10-16/h4-13H,3,14H2,1-2H3,(H,22,27)(H,23,25)(H,24,26)/b19-13-. The van der Waals surface area contributed by atoms with Crippen molar-refractivity contribution in [3.05, 3.63) is 71.4 Å². The van der Waals surface area contributed by atoms with Crippen molar-refractivity contribution in [2.75, 3.05) is 11.9 Å². The summed E-state index contributed by atoms with van der Waals surface area (Å²) in [6, 6.07) is 16.6. The van der Waals surface area contributed by atoms with Crippen LogP contribution in [0.5, 0.6) is 0 Å². The molecule has 3 N–H and O–H groups in total. The summed E-state index contributed by atoms with van der Waals surface area (Å²) in [6.45, 7) is 3.12. The van der Waals surface area contributed by atoms with Gasteiger partial charge < -0.3 is 16.0 Å². The summed E-state index contributed by atoms with van der Waals surface area (Å²) in [5.41, 5.74) is 2.58. The molecule has 0 aliphatic carbocycles. The van der Waals surface area contributed by atoms with Gasteiger partial charge in [-0.1, -0.05) is 55.5 Å². The van der Waals surface area contributed by atoms with Crippen LogP contribution in [0.1, 0.15) is 25.0 Å². The van der Waals surface area contributed by atoms with Crippen LogP contribution in [-0.4, -0.2) is 24.3 Å². The Labute approximate surface area is 158 Å². The summed E-state index contributed by atoms with van der Waals surface area (Å²) < 4.78 is 0. The van der Waals surface area contributed by atoms with Gasteiger partial charge in [0.25, 0.3) is 5.91 Å². The molecular formula is C21H23N3O3. The van der Waals surface area contributed by atoms with E-state index in [0.29, 0.717) is 0 Å². The van der Waals surface area contributed by atoms with E-state index >= 15 is 0 Å². The van der Waals surface area contributed by atoms with E-state index in [9.17, 15) is 14.4 Å². The van der Waals surface area contributed by atoms with Gasteiger partial charge in [0.1, 0.15) is 5.70 Å². The molecule has 0 aromatic heterocycles. The third-order valence-electron chi connectivity index (χ3n) is 3.75. The highest BCUT2D eigenvalue weighted by Crippen LogP contribution is 2.15. The lowest BCUT2D eigenvalue weighted by Gasteiger charge is -2.12.